The number of nitrogens with zero attached hydrogens (tertiary/aromatic N) is 1. The van der Waals surface area contributed by atoms with Gasteiger partial charge in [-0.25, -0.2) is 4.98 Å². The molecule has 0 saturated heterocycles. The predicted molar refractivity (Wildman–Crippen MR) is 84.0 cm³/mol. The van der Waals surface area contributed by atoms with Gasteiger partial charge in [0.2, 0.25) is 5.91 Å². The zero-order chi connectivity index (χ0) is 13.3. The molecule has 1 aromatic carbocycles. The first-order valence-corrected chi connectivity index (χ1v) is 8.12. The average molecular weight is 413 g/mol. The summed E-state index contributed by atoms with van der Waals surface area (Å²) in [5.41, 5.74) is 0.711. The molecule has 0 aliphatic heterocycles. The Morgan fingerprint density at radius 2 is 2.33 bits per heavy atom. The van der Waals surface area contributed by atoms with Crippen molar-refractivity contribution in [3.63, 3.8) is 0 Å². The Bertz CT molecular complexity index is 602. The Morgan fingerprint density at radius 3 is 3.00 bits per heavy atom. The lowest BCUT2D eigenvalue weighted by Gasteiger charge is -2.04. The lowest BCUT2D eigenvalue weighted by Crippen LogP contribution is -2.21. The van der Waals surface area contributed by atoms with Crippen molar-refractivity contribution in [3.8, 4) is 0 Å². The number of carbonyl (C=O) groups is 1. The van der Waals surface area contributed by atoms with E-state index in [0.717, 1.165) is 15.6 Å². The summed E-state index contributed by atoms with van der Waals surface area (Å²) in [4.78, 5) is 15.9. The van der Waals surface area contributed by atoms with Crippen LogP contribution in [0.25, 0.3) is 10.2 Å². The molecule has 96 valence electrons. The highest BCUT2D eigenvalue weighted by Crippen LogP contribution is 2.34. The third-order valence-corrected chi connectivity index (χ3v) is 5.01. The summed E-state index contributed by atoms with van der Waals surface area (Å²) in [6, 6.07) is 3.72. The fourth-order valence-electron chi connectivity index (χ4n) is 1.38. The van der Waals surface area contributed by atoms with E-state index in [1.54, 1.807) is 6.07 Å². The van der Waals surface area contributed by atoms with Crippen molar-refractivity contribution in [2.75, 3.05) is 5.32 Å². The smallest absolute Gasteiger partial charge is 0.239 e. The molecule has 0 spiro atoms. The van der Waals surface area contributed by atoms with E-state index in [0.29, 0.717) is 15.7 Å². The number of hydrogen-bond acceptors (Lipinski definition) is 3. The van der Waals surface area contributed by atoms with Crippen LogP contribution in [0.5, 0.6) is 0 Å². The van der Waals surface area contributed by atoms with Gasteiger partial charge in [0, 0.05) is 4.47 Å². The largest absolute Gasteiger partial charge is 0.301 e. The third-order valence-electron chi connectivity index (χ3n) is 2.29. The molecule has 3 nitrogen and oxygen atoms in total. The van der Waals surface area contributed by atoms with Crippen LogP contribution in [0, 0.1) is 0 Å². The third kappa shape index (κ3) is 3.04. The fourth-order valence-corrected chi connectivity index (χ4v) is 3.49. The van der Waals surface area contributed by atoms with Crippen LogP contribution in [0.3, 0.4) is 0 Å². The van der Waals surface area contributed by atoms with Gasteiger partial charge in [-0.3, -0.25) is 4.79 Å². The van der Waals surface area contributed by atoms with Gasteiger partial charge in [-0.1, -0.05) is 61.7 Å². The van der Waals surface area contributed by atoms with Crippen LogP contribution in [0.4, 0.5) is 5.13 Å². The average Bonchev–Trinajstić information content (AvgIpc) is 2.70. The zero-order valence-electron chi connectivity index (χ0n) is 9.34. The summed E-state index contributed by atoms with van der Waals surface area (Å²) in [6.07, 6.45) is 0.725. The maximum atomic E-state index is 11.7. The van der Waals surface area contributed by atoms with Crippen molar-refractivity contribution in [2.24, 2.45) is 0 Å². The summed E-state index contributed by atoms with van der Waals surface area (Å²) >= 11 is 14.2. The highest BCUT2D eigenvalue weighted by molar-refractivity contribution is 9.10. The van der Waals surface area contributed by atoms with Crippen molar-refractivity contribution in [1.82, 2.24) is 4.98 Å². The molecule has 0 saturated carbocycles. The van der Waals surface area contributed by atoms with Crippen molar-refractivity contribution < 1.29 is 4.79 Å². The minimum atomic E-state index is -0.202. The SMILES string of the molecule is CC[C@H](Br)C(=O)Nc1nc2c(Cl)cc(Br)cc2s1. The molecule has 2 rings (SSSR count). The number of amides is 1. The van der Waals surface area contributed by atoms with Crippen LogP contribution < -0.4 is 5.32 Å². The van der Waals surface area contributed by atoms with Gasteiger partial charge >= 0.3 is 0 Å². The van der Waals surface area contributed by atoms with E-state index in [-0.39, 0.29) is 10.7 Å². The summed E-state index contributed by atoms with van der Waals surface area (Å²) in [5.74, 6) is -0.0910. The van der Waals surface area contributed by atoms with E-state index in [2.05, 4.69) is 42.2 Å². The van der Waals surface area contributed by atoms with Crippen LogP contribution in [0.1, 0.15) is 13.3 Å². The minimum absolute atomic E-state index is 0.0910. The number of anilines is 1. The number of nitrogens with one attached hydrogen (secondary N) is 1. The number of fused-ring (bicyclic) bond motifs is 1. The number of thiazole rings is 1. The monoisotopic (exact) mass is 410 g/mol. The lowest BCUT2D eigenvalue weighted by atomic mass is 10.3. The van der Waals surface area contributed by atoms with Crippen molar-refractivity contribution in [2.45, 2.75) is 18.2 Å². The highest BCUT2D eigenvalue weighted by atomic mass is 79.9. The second-order valence-corrected chi connectivity index (χ2v) is 7.08. The molecule has 0 aliphatic carbocycles. The Kier molecular flexibility index (Phi) is 4.64. The van der Waals surface area contributed by atoms with Gasteiger partial charge in [-0.2, -0.15) is 0 Å². The fraction of sp³-hybridized carbons (Fsp3) is 0.273. The number of rotatable bonds is 3. The van der Waals surface area contributed by atoms with E-state index in [1.807, 2.05) is 13.0 Å². The molecular formula is C11H9Br2ClN2OS. The maximum Gasteiger partial charge on any atom is 0.239 e. The number of alkyl halides is 1. The standard InChI is InChI=1S/C11H9Br2ClN2OS/c1-2-6(13)10(17)16-11-15-9-7(14)3-5(12)4-8(9)18-11/h3-4,6H,2H2,1H3,(H,15,16,17)/t6-/m0/s1. The van der Waals surface area contributed by atoms with Crippen LogP contribution in [-0.4, -0.2) is 15.7 Å². The molecule has 1 aromatic heterocycles. The number of benzene rings is 1. The first kappa shape index (κ1) is 14.2. The Balaban J connectivity index is 2.31. The number of halogens is 3. The first-order chi connectivity index (χ1) is 8.51. The Hall–Kier alpha value is -0.170. The molecule has 0 aliphatic rings. The van der Waals surface area contributed by atoms with Crippen molar-refractivity contribution in [3.05, 3.63) is 21.6 Å². The van der Waals surface area contributed by atoms with Crippen molar-refractivity contribution >= 4 is 76.1 Å². The van der Waals surface area contributed by atoms with Gasteiger partial charge in [0.05, 0.1) is 14.5 Å². The maximum absolute atomic E-state index is 11.7. The first-order valence-electron chi connectivity index (χ1n) is 5.21. The van der Waals surface area contributed by atoms with Gasteiger partial charge < -0.3 is 5.32 Å². The van der Waals surface area contributed by atoms with Gasteiger partial charge in [0.15, 0.2) is 5.13 Å². The molecule has 1 amide bonds. The van der Waals surface area contributed by atoms with E-state index in [9.17, 15) is 4.79 Å². The molecule has 2 aromatic rings. The summed E-state index contributed by atoms with van der Waals surface area (Å²) < 4.78 is 1.83. The second kappa shape index (κ2) is 5.86. The van der Waals surface area contributed by atoms with Crippen molar-refractivity contribution in [1.29, 1.82) is 0 Å². The number of hydrogen-bond donors (Lipinski definition) is 1. The lowest BCUT2D eigenvalue weighted by molar-refractivity contribution is -0.115. The van der Waals surface area contributed by atoms with Crippen LogP contribution in [-0.2, 0) is 4.79 Å². The van der Waals surface area contributed by atoms with Crippen LogP contribution in [0.15, 0.2) is 16.6 Å². The second-order valence-electron chi connectivity index (χ2n) is 3.62. The molecule has 0 bridgehead atoms. The van der Waals surface area contributed by atoms with E-state index in [4.69, 9.17) is 11.6 Å². The van der Waals surface area contributed by atoms with Gasteiger partial charge in [0.1, 0.15) is 5.52 Å². The Labute approximate surface area is 130 Å². The molecule has 0 fully saturated rings. The molecule has 18 heavy (non-hydrogen) atoms. The highest BCUT2D eigenvalue weighted by Gasteiger charge is 2.15. The summed E-state index contributed by atoms with van der Waals surface area (Å²) in [6.45, 7) is 1.94. The zero-order valence-corrected chi connectivity index (χ0v) is 14.1. The molecule has 0 radical (unpaired) electrons. The quantitative estimate of drug-likeness (QED) is 0.734. The van der Waals surface area contributed by atoms with Gasteiger partial charge in [-0.05, 0) is 18.6 Å². The topological polar surface area (TPSA) is 42.0 Å². The van der Waals surface area contributed by atoms with E-state index in [1.165, 1.54) is 11.3 Å². The van der Waals surface area contributed by atoms with Crippen LogP contribution in [0.2, 0.25) is 5.02 Å². The van der Waals surface area contributed by atoms with Gasteiger partial charge in [-0.15, -0.1) is 0 Å². The van der Waals surface area contributed by atoms with Gasteiger partial charge in [0.25, 0.3) is 0 Å². The van der Waals surface area contributed by atoms with E-state index >= 15 is 0 Å². The molecule has 1 N–H and O–H groups in total. The molecule has 1 heterocycles. The van der Waals surface area contributed by atoms with E-state index < -0.39 is 0 Å². The molecular weight excluding hydrogens is 403 g/mol. The summed E-state index contributed by atoms with van der Waals surface area (Å²) in [5, 5.41) is 3.91. The number of carbonyl (C=O) groups excluding carboxylic acids is 1. The molecule has 0 unspecified atom stereocenters. The summed E-state index contributed by atoms with van der Waals surface area (Å²) in [7, 11) is 0. The normalized spacial score (nSPS) is 12.7. The minimum Gasteiger partial charge on any atom is -0.301 e. The number of aromatic nitrogens is 1. The Morgan fingerprint density at radius 1 is 1.61 bits per heavy atom. The molecule has 7 heteroatoms. The predicted octanol–water partition coefficient (Wildman–Crippen LogP) is 4.82. The van der Waals surface area contributed by atoms with Crippen LogP contribution >= 0.6 is 54.8 Å². The molecule has 1 atom stereocenters.